The first-order valence-corrected chi connectivity index (χ1v) is 12.9. The fraction of sp³-hybridized carbons (Fsp3) is 0.348. The van der Waals surface area contributed by atoms with Gasteiger partial charge in [0, 0.05) is 66.9 Å². The van der Waals surface area contributed by atoms with Crippen molar-refractivity contribution in [3.05, 3.63) is 58.2 Å². The van der Waals surface area contributed by atoms with Crippen LogP contribution in [-0.4, -0.2) is 73.7 Å². The third-order valence-corrected chi connectivity index (χ3v) is 8.25. The van der Waals surface area contributed by atoms with Crippen LogP contribution in [0.15, 0.2) is 52.7 Å². The van der Waals surface area contributed by atoms with Gasteiger partial charge in [-0.3, -0.25) is 9.78 Å². The van der Waals surface area contributed by atoms with Crippen LogP contribution in [0.2, 0.25) is 5.02 Å². The maximum atomic E-state index is 13.2. The van der Waals surface area contributed by atoms with Crippen molar-refractivity contribution < 1.29 is 17.9 Å². The number of hydrogen-bond donors (Lipinski definition) is 0. The van der Waals surface area contributed by atoms with E-state index in [1.54, 1.807) is 36.7 Å². The number of fused-ring (bicyclic) bond motifs is 1. The average molecular weight is 502 g/mol. The zero-order valence-electron chi connectivity index (χ0n) is 18.4. The van der Waals surface area contributed by atoms with Gasteiger partial charge in [0.25, 0.3) is 5.91 Å². The van der Waals surface area contributed by atoms with Crippen molar-refractivity contribution in [2.75, 3.05) is 44.2 Å². The molecule has 0 atom stereocenters. The highest BCUT2D eigenvalue weighted by Crippen LogP contribution is 2.32. The highest BCUT2D eigenvalue weighted by molar-refractivity contribution is 7.93. The molecule has 4 heterocycles. The normalized spacial score (nSPS) is 19.4. The molecule has 3 aliphatic rings. The van der Waals surface area contributed by atoms with Crippen LogP contribution in [0.25, 0.3) is 6.08 Å². The topological polar surface area (TPSA) is 95.4 Å². The predicted molar refractivity (Wildman–Crippen MR) is 130 cm³/mol. The van der Waals surface area contributed by atoms with Gasteiger partial charge in [0.15, 0.2) is 0 Å². The molecule has 0 N–H and O–H groups in total. The average Bonchev–Trinajstić information content (AvgIpc) is 2.86. The number of pyridine rings is 1. The van der Waals surface area contributed by atoms with E-state index in [9.17, 15) is 13.2 Å². The number of halogens is 1. The van der Waals surface area contributed by atoms with Gasteiger partial charge < -0.3 is 9.64 Å². The number of hydrogen-bond acceptors (Lipinski definition) is 7. The van der Waals surface area contributed by atoms with Gasteiger partial charge in [-0.15, -0.1) is 0 Å². The summed E-state index contributed by atoms with van der Waals surface area (Å²) in [6.45, 7) is 1.68. The number of anilines is 1. The Morgan fingerprint density at radius 1 is 1.03 bits per heavy atom. The number of sulfonamides is 1. The molecule has 178 valence electrons. The summed E-state index contributed by atoms with van der Waals surface area (Å²) in [4.78, 5) is 19.2. The molecule has 2 saturated heterocycles. The molecule has 34 heavy (non-hydrogen) atoms. The van der Waals surface area contributed by atoms with Crippen LogP contribution in [0.1, 0.15) is 18.4 Å². The number of benzene rings is 1. The molecule has 2 fully saturated rings. The Hall–Kier alpha value is -2.95. The van der Waals surface area contributed by atoms with E-state index >= 15 is 0 Å². The molecule has 11 heteroatoms. The Labute approximate surface area is 203 Å². The number of amides is 1. The summed E-state index contributed by atoms with van der Waals surface area (Å²) in [5.74, 6) is 0.210. The summed E-state index contributed by atoms with van der Waals surface area (Å²) < 4.78 is 33.1. The van der Waals surface area contributed by atoms with E-state index in [2.05, 4.69) is 15.0 Å². The lowest BCUT2D eigenvalue weighted by Gasteiger charge is -2.34. The van der Waals surface area contributed by atoms with Crippen LogP contribution in [0.4, 0.5) is 5.69 Å². The summed E-state index contributed by atoms with van der Waals surface area (Å²) in [7, 11) is -3.84. The number of carbonyl (C=O) groups excluding carboxylic acids is 1. The van der Waals surface area contributed by atoms with Crippen molar-refractivity contribution in [3.8, 4) is 5.75 Å². The zero-order valence-corrected chi connectivity index (χ0v) is 20.0. The number of rotatable bonds is 4. The molecule has 5 rings (SSSR count). The zero-order chi connectivity index (χ0) is 23.7. The number of nitrogens with zero attached hydrogens (tertiary/aromatic N) is 5. The highest BCUT2D eigenvalue weighted by atomic mass is 35.5. The summed E-state index contributed by atoms with van der Waals surface area (Å²) >= 11 is 5.97. The molecule has 0 spiro atoms. The molecule has 3 aliphatic heterocycles. The lowest BCUT2D eigenvalue weighted by atomic mass is 10.1. The fourth-order valence-electron chi connectivity index (χ4n) is 4.23. The highest BCUT2D eigenvalue weighted by Gasteiger charge is 2.35. The molecular weight excluding hydrogens is 478 g/mol. The van der Waals surface area contributed by atoms with Gasteiger partial charge in [-0.1, -0.05) is 11.6 Å². The van der Waals surface area contributed by atoms with Gasteiger partial charge in [0.2, 0.25) is 10.0 Å². The minimum Gasteiger partial charge on any atom is -0.487 e. The third-order valence-electron chi connectivity index (χ3n) is 6.12. The summed E-state index contributed by atoms with van der Waals surface area (Å²) in [6, 6.07) is 9.00. The fourth-order valence-corrected chi connectivity index (χ4v) is 5.81. The first kappa shape index (κ1) is 22.8. The van der Waals surface area contributed by atoms with Crippen molar-refractivity contribution in [1.29, 1.82) is 0 Å². The second-order valence-corrected chi connectivity index (χ2v) is 10.7. The number of piperidine rings is 1. The number of carbonyl (C=O) groups is 1. The second-order valence-electron chi connectivity index (χ2n) is 8.30. The first-order valence-electron chi connectivity index (χ1n) is 11.0. The first-order chi connectivity index (χ1) is 16.4. The molecule has 0 aliphatic carbocycles. The van der Waals surface area contributed by atoms with Gasteiger partial charge in [-0.25, -0.2) is 13.4 Å². The van der Waals surface area contributed by atoms with Crippen molar-refractivity contribution in [3.63, 3.8) is 0 Å². The van der Waals surface area contributed by atoms with Crippen LogP contribution < -0.4 is 9.64 Å². The van der Waals surface area contributed by atoms with E-state index in [-0.39, 0.29) is 37.1 Å². The standard InChI is InChI=1S/C23H24ClN5O4S/c24-18-2-1-17-13-21(16-33-22(17)14-18)34(31,32)28-11-12-29(23(30)15-28)26-19-5-9-27(10-6-19)20-3-7-25-8-4-20/h1-4,7-8,13-14H,5-6,9-12,15-16H2. The van der Waals surface area contributed by atoms with E-state index in [1.807, 2.05) is 12.1 Å². The smallest absolute Gasteiger partial charge is 0.258 e. The number of hydrazone groups is 1. The summed E-state index contributed by atoms with van der Waals surface area (Å²) in [5.41, 5.74) is 2.72. The van der Waals surface area contributed by atoms with Gasteiger partial charge in [-0.2, -0.15) is 9.41 Å². The molecule has 9 nitrogen and oxygen atoms in total. The maximum absolute atomic E-state index is 13.2. The van der Waals surface area contributed by atoms with Gasteiger partial charge in [0.05, 0.1) is 18.0 Å². The van der Waals surface area contributed by atoms with Crippen molar-refractivity contribution in [2.45, 2.75) is 12.8 Å². The van der Waals surface area contributed by atoms with E-state index in [1.165, 1.54) is 9.31 Å². The molecule has 0 bridgehead atoms. The van der Waals surface area contributed by atoms with Gasteiger partial charge in [-0.05, 0) is 36.4 Å². The Kier molecular flexibility index (Phi) is 6.28. The molecule has 1 amide bonds. The SMILES string of the molecule is O=C1CN(S(=O)(=O)C2=Cc3ccc(Cl)cc3OC2)CCN1N=C1CCN(c2ccncc2)CC1. The monoisotopic (exact) mass is 501 g/mol. The van der Waals surface area contributed by atoms with Crippen molar-refractivity contribution in [2.24, 2.45) is 5.10 Å². The maximum Gasteiger partial charge on any atom is 0.258 e. The lowest BCUT2D eigenvalue weighted by molar-refractivity contribution is -0.134. The van der Waals surface area contributed by atoms with E-state index in [0.29, 0.717) is 16.3 Å². The van der Waals surface area contributed by atoms with Crippen LogP contribution in [0.5, 0.6) is 5.75 Å². The van der Waals surface area contributed by atoms with Crippen LogP contribution in [0.3, 0.4) is 0 Å². The molecule has 2 aromatic rings. The second kappa shape index (κ2) is 9.36. The number of piperazine rings is 1. The Morgan fingerprint density at radius 2 is 1.79 bits per heavy atom. The van der Waals surface area contributed by atoms with Gasteiger partial charge in [0.1, 0.15) is 12.4 Å². The van der Waals surface area contributed by atoms with Crippen LogP contribution in [0, 0.1) is 0 Å². The van der Waals surface area contributed by atoms with E-state index in [0.717, 1.165) is 37.3 Å². The Morgan fingerprint density at radius 3 is 2.53 bits per heavy atom. The van der Waals surface area contributed by atoms with E-state index < -0.39 is 10.0 Å². The van der Waals surface area contributed by atoms with Gasteiger partial charge >= 0.3 is 0 Å². The number of aromatic nitrogens is 1. The molecule has 0 unspecified atom stereocenters. The molecule has 1 aromatic heterocycles. The Balaban J connectivity index is 1.22. The molecule has 0 radical (unpaired) electrons. The molecule has 1 aromatic carbocycles. The molecule has 0 saturated carbocycles. The Bertz CT molecular complexity index is 1260. The predicted octanol–water partition coefficient (Wildman–Crippen LogP) is 2.60. The summed E-state index contributed by atoms with van der Waals surface area (Å²) in [5, 5.41) is 6.49. The van der Waals surface area contributed by atoms with Crippen LogP contribution in [-0.2, 0) is 14.8 Å². The summed E-state index contributed by atoms with van der Waals surface area (Å²) in [6.07, 6.45) is 6.63. The molecular formula is C23H24ClN5O4S. The van der Waals surface area contributed by atoms with Crippen molar-refractivity contribution >= 4 is 45.0 Å². The minimum absolute atomic E-state index is 0.0969. The number of ether oxygens (including phenoxy) is 1. The lowest BCUT2D eigenvalue weighted by Crippen LogP contribution is -2.51. The third kappa shape index (κ3) is 4.66. The van der Waals surface area contributed by atoms with E-state index in [4.69, 9.17) is 16.3 Å². The van der Waals surface area contributed by atoms with Crippen LogP contribution >= 0.6 is 11.6 Å². The minimum atomic E-state index is -3.84. The van der Waals surface area contributed by atoms with Crippen molar-refractivity contribution in [1.82, 2.24) is 14.3 Å². The quantitative estimate of drug-likeness (QED) is 0.639. The largest absolute Gasteiger partial charge is 0.487 e.